The van der Waals surface area contributed by atoms with Crippen LogP contribution in [0.2, 0.25) is 0 Å². The average Bonchev–Trinajstić information content (AvgIpc) is 4.02. The number of aromatic nitrogens is 4. The van der Waals surface area contributed by atoms with Gasteiger partial charge >= 0.3 is 12.2 Å². The molecule has 2 fully saturated rings. The van der Waals surface area contributed by atoms with Gasteiger partial charge in [-0.1, -0.05) is 48.6 Å². The molecule has 3 aliphatic heterocycles. The molecule has 0 aliphatic carbocycles. The summed E-state index contributed by atoms with van der Waals surface area (Å²) in [5, 5.41) is 2.68. The smallest absolute Gasteiger partial charge is 0.410 e. The van der Waals surface area contributed by atoms with E-state index in [1.165, 1.54) is 7.11 Å². The molecular formula is C42H51N7O7. The van der Waals surface area contributed by atoms with Crippen LogP contribution in [0, 0.1) is 0 Å². The van der Waals surface area contributed by atoms with Crippen LogP contribution in [-0.2, 0) is 30.3 Å². The average molecular weight is 766 g/mol. The molecule has 14 nitrogen and oxygen atoms in total. The summed E-state index contributed by atoms with van der Waals surface area (Å²) < 4.78 is 22.6. The van der Waals surface area contributed by atoms with Crippen molar-refractivity contribution in [2.45, 2.75) is 89.8 Å². The number of fused-ring (bicyclic) bond motifs is 6. The van der Waals surface area contributed by atoms with Gasteiger partial charge in [0.05, 0.1) is 68.9 Å². The summed E-state index contributed by atoms with van der Waals surface area (Å²) in [7, 11) is 1.27. The lowest BCUT2D eigenvalue weighted by Crippen LogP contribution is -2.54. The number of H-pyrrole nitrogens is 2. The van der Waals surface area contributed by atoms with E-state index in [0.717, 1.165) is 70.7 Å². The number of ether oxygens (including phenoxy) is 4. The number of likely N-dealkylation sites (tertiary alicyclic amines) is 1. The Labute approximate surface area is 327 Å². The Morgan fingerprint density at radius 3 is 2.30 bits per heavy atom. The van der Waals surface area contributed by atoms with Crippen LogP contribution >= 0.6 is 0 Å². The van der Waals surface area contributed by atoms with Crippen LogP contribution in [0.4, 0.5) is 9.59 Å². The summed E-state index contributed by atoms with van der Waals surface area (Å²) in [5.74, 6) is 1.19. The van der Waals surface area contributed by atoms with Gasteiger partial charge in [0, 0.05) is 18.7 Å². The molecule has 0 saturated carbocycles. The van der Waals surface area contributed by atoms with Crippen LogP contribution in [0.1, 0.15) is 82.7 Å². The van der Waals surface area contributed by atoms with Gasteiger partial charge in [-0.2, -0.15) is 0 Å². The SMILES string of the molecule is COC(=O)N[C@@H]1C(=O)N2CCC[C@H]2c2ncc([nH]2)-c2ccc(-c3ccc(-c4cnc([C@@H]5CCCN5C(=O)OC(C)(C)C)[nH]4)cc3)cc2COC/C=C/CO[C@H]1C. The van der Waals surface area contributed by atoms with Crippen molar-refractivity contribution < 1.29 is 33.3 Å². The standard InChI is InChI=1S/C42H51N7O7/c1-26-36(47-40(51)53-5)39(50)48-18-8-10-34(48)37-44-24-33(46-37)31-17-16-29(22-30(31)25-54-20-6-7-21-55-26)27-12-14-28(15-13-27)32-23-43-38(45-32)35-11-9-19-49(35)41(52)56-42(2,3)4/h6-7,12-17,22-24,26,34-36H,8-11,18-21,25H2,1-5H3,(H,43,45)(H,44,46)(H,47,51)/b7-6+/t26-,34-,35-,36-/m0/s1. The Morgan fingerprint density at radius 2 is 1.54 bits per heavy atom. The molecule has 0 unspecified atom stereocenters. The minimum Gasteiger partial charge on any atom is -0.453 e. The molecule has 7 rings (SSSR count). The van der Waals surface area contributed by atoms with E-state index in [1.54, 1.807) is 22.9 Å². The maximum absolute atomic E-state index is 13.9. The molecule has 3 N–H and O–H groups in total. The van der Waals surface area contributed by atoms with Crippen molar-refractivity contribution >= 4 is 18.1 Å². The number of methoxy groups -OCH3 is 1. The second kappa shape index (κ2) is 16.7. The van der Waals surface area contributed by atoms with E-state index in [1.807, 2.05) is 39.1 Å². The zero-order chi connectivity index (χ0) is 39.4. The lowest BCUT2D eigenvalue weighted by Gasteiger charge is -2.31. The third-order valence-corrected chi connectivity index (χ3v) is 10.5. The van der Waals surface area contributed by atoms with Gasteiger partial charge in [0.25, 0.3) is 0 Å². The molecule has 0 radical (unpaired) electrons. The molecule has 4 aromatic rings. The fourth-order valence-electron chi connectivity index (χ4n) is 7.62. The molecule has 0 spiro atoms. The number of nitrogens with one attached hydrogen (secondary N) is 3. The molecule has 4 atom stereocenters. The Morgan fingerprint density at radius 1 is 0.875 bits per heavy atom. The number of hydrogen-bond donors (Lipinski definition) is 3. The second-order valence-corrected chi connectivity index (χ2v) is 15.5. The molecule has 5 heterocycles. The number of carbonyl (C=O) groups excluding carboxylic acids is 3. The van der Waals surface area contributed by atoms with Crippen molar-refractivity contribution in [2.75, 3.05) is 33.4 Å². The molecular weight excluding hydrogens is 715 g/mol. The molecule has 3 amide bonds. The first-order chi connectivity index (χ1) is 27.0. The fraction of sp³-hybridized carbons (Fsp3) is 0.452. The third kappa shape index (κ3) is 8.66. The highest BCUT2D eigenvalue weighted by Gasteiger charge is 2.39. The first-order valence-corrected chi connectivity index (χ1v) is 19.3. The van der Waals surface area contributed by atoms with Crippen LogP contribution in [0.25, 0.3) is 33.6 Å². The highest BCUT2D eigenvalue weighted by atomic mass is 16.6. The van der Waals surface area contributed by atoms with E-state index in [4.69, 9.17) is 23.9 Å². The lowest BCUT2D eigenvalue weighted by atomic mass is 9.97. The van der Waals surface area contributed by atoms with Crippen molar-refractivity contribution in [1.82, 2.24) is 35.1 Å². The highest BCUT2D eigenvalue weighted by molar-refractivity contribution is 5.87. The molecule has 2 saturated heterocycles. The number of alkyl carbamates (subject to hydrolysis) is 1. The van der Waals surface area contributed by atoms with E-state index in [-0.39, 0.29) is 30.7 Å². The van der Waals surface area contributed by atoms with Gasteiger partial charge in [0.2, 0.25) is 5.91 Å². The van der Waals surface area contributed by atoms with Crippen molar-refractivity contribution in [3.8, 4) is 33.6 Å². The molecule has 296 valence electrons. The number of rotatable bonds is 4. The van der Waals surface area contributed by atoms with Gasteiger partial charge in [-0.15, -0.1) is 0 Å². The van der Waals surface area contributed by atoms with Crippen LogP contribution in [0.3, 0.4) is 0 Å². The predicted molar refractivity (Wildman–Crippen MR) is 209 cm³/mol. The van der Waals surface area contributed by atoms with Gasteiger partial charge in [-0.3, -0.25) is 9.69 Å². The van der Waals surface area contributed by atoms with Crippen molar-refractivity contribution in [2.24, 2.45) is 0 Å². The molecule has 2 aromatic heterocycles. The Kier molecular flexibility index (Phi) is 11.6. The predicted octanol–water partition coefficient (Wildman–Crippen LogP) is 7.09. The number of aromatic amines is 2. The van der Waals surface area contributed by atoms with Gasteiger partial charge in [-0.25, -0.2) is 19.6 Å². The van der Waals surface area contributed by atoms with Crippen LogP contribution in [-0.4, -0.2) is 99.0 Å². The largest absolute Gasteiger partial charge is 0.453 e. The zero-order valence-electron chi connectivity index (χ0n) is 32.7. The monoisotopic (exact) mass is 765 g/mol. The lowest BCUT2D eigenvalue weighted by molar-refractivity contribution is -0.138. The van der Waals surface area contributed by atoms with Crippen LogP contribution in [0.5, 0.6) is 0 Å². The number of nitrogens with zero attached hydrogens (tertiary/aromatic N) is 4. The number of hydrogen-bond acceptors (Lipinski definition) is 9. The Hall–Kier alpha value is -5.47. The van der Waals surface area contributed by atoms with Crippen molar-refractivity contribution in [1.29, 1.82) is 0 Å². The molecule has 3 aliphatic rings. The topological polar surface area (TPSA) is 164 Å². The third-order valence-electron chi connectivity index (χ3n) is 10.5. The summed E-state index contributed by atoms with van der Waals surface area (Å²) in [4.78, 5) is 59.0. The summed E-state index contributed by atoms with van der Waals surface area (Å²) in [5.41, 5.74) is 6.13. The summed E-state index contributed by atoms with van der Waals surface area (Å²) >= 11 is 0. The fourth-order valence-corrected chi connectivity index (χ4v) is 7.62. The Balaban J connectivity index is 1.12. The van der Waals surface area contributed by atoms with E-state index in [0.29, 0.717) is 32.1 Å². The number of imidazole rings is 2. The van der Waals surface area contributed by atoms with E-state index >= 15 is 0 Å². The molecule has 2 bridgehead atoms. The minimum atomic E-state index is -0.934. The summed E-state index contributed by atoms with van der Waals surface area (Å²) in [6, 6.07) is 13.2. The van der Waals surface area contributed by atoms with Crippen molar-refractivity contribution in [3.05, 3.63) is 84.2 Å². The Bertz CT molecular complexity index is 2050. The van der Waals surface area contributed by atoms with Gasteiger partial charge in [0.15, 0.2) is 0 Å². The number of carbonyl (C=O) groups is 3. The van der Waals surface area contributed by atoms with Gasteiger partial charge < -0.3 is 39.1 Å². The van der Waals surface area contributed by atoms with E-state index < -0.39 is 23.8 Å². The summed E-state index contributed by atoms with van der Waals surface area (Å²) in [6.07, 6.45) is 8.98. The molecule has 2 aromatic carbocycles. The van der Waals surface area contributed by atoms with Crippen molar-refractivity contribution in [3.63, 3.8) is 0 Å². The van der Waals surface area contributed by atoms with Crippen LogP contribution in [0.15, 0.2) is 67.0 Å². The van der Waals surface area contributed by atoms with Gasteiger partial charge in [-0.05, 0) is 81.7 Å². The normalized spacial score (nSPS) is 22.6. The number of amides is 3. The molecule has 14 heteroatoms. The number of benzene rings is 2. The first kappa shape index (κ1) is 38.8. The van der Waals surface area contributed by atoms with Gasteiger partial charge in [0.1, 0.15) is 23.3 Å². The quantitative estimate of drug-likeness (QED) is 0.184. The van der Waals surface area contributed by atoms with Crippen LogP contribution < -0.4 is 5.32 Å². The minimum absolute atomic E-state index is 0.154. The molecule has 56 heavy (non-hydrogen) atoms. The highest BCUT2D eigenvalue weighted by Crippen LogP contribution is 2.36. The first-order valence-electron chi connectivity index (χ1n) is 19.3. The van der Waals surface area contributed by atoms with E-state index in [2.05, 4.69) is 62.7 Å². The maximum Gasteiger partial charge on any atom is 0.410 e. The zero-order valence-corrected chi connectivity index (χ0v) is 32.7. The second-order valence-electron chi connectivity index (χ2n) is 15.5. The summed E-state index contributed by atoms with van der Waals surface area (Å²) in [6.45, 7) is 9.51. The van der Waals surface area contributed by atoms with E-state index in [9.17, 15) is 14.4 Å². The maximum atomic E-state index is 13.9.